The van der Waals surface area contributed by atoms with Gasteiger partial charge in [0.15, 0.2) is 0 Å². The van der Waals surface area contributed by atoms with Gasteiger partial charge in [-0.15, -0.1) is 0 Å². The second kappa shape index (κ2) is 8.80. The van der Waals surface area contributed by atoms with Crippen LogP contribution in [0.25, 0.3) is 16.5 Å². The molecule has 1 aliphatic rings. The van der Waals surface area contributed by atoms with Gasteiger partial charge in [-0.2, -0.15) is 0 Å². The van der Waals surface area contributed by atoms with E-state index >= 15 is 0 Å². The van der Waals surface area contributed by atoms with Crippen LogP contribution in [0.2, 0.25) is 0 Å². The van der Waals surface area contributed by atoms with Crippen LogP contribution in [-0.2, 0) is 16.1 Å². The van der Waals surface area contributed by atoms with Crippen molar-refractivity contribution in [1.82, 2.24) is 4.90 Å². The second-order valence-electron chi connectivity index (χ2n) is 8.74. The minimum absolute atomic E-state index is 0.0289. The molecule has 6 nitrogen and oxygen atoms in total. The van der Waals surface area contributed by atoms with Gasteiger partial charge in [0, 0.05) is 0 Å². The standard InChI is InChI=1S/C29H25NO5/c1-17-14-18(2)28(34-3)23(15-17)26(31)24-25(22-12-6-9-19-8-4-5-11-21(19)22)30(29(33)27(24)32)16-20-10-7-13-35-20/h4-15,25,31H,16H2,1-3H3/b26-24+. The molecule has 1 saturated heterocycles. The number of aryl methyl sites for hydroxylation is 2. The maximum Gasteiger partial charge on any atom is 0.296 e. The number of amides is 1. The lowest BCUT2D eigenvalue weighted by molar-refractivity contribution is -0.140. The predicted octanol–water partition coefficient (Wildman–Crippen LogP) is 5.68. The van der Waals surface area contributed by atoms with Crippen LogP contribution in [0.4, 0.5) is 0 Å². The van der Waals surface area contributed by atoms with E-state index in [4.69, 9.17) is 9.15 Å². The van der Waals surface area contributed by atoms with E-state index in [0.717, 1.165) is 27.5 Å². The zero-order chi connectivity index (χ0) is 24.7. The third-order valence-electron chi connectivity index (χ3n) is 6.44. The van der Waals surface area contributed by atoms with Crippen molar-refractivity contribution in [2.45, 2.75) is 26.4 Å². The molecular weight excluding hydrogens is 442 g/mol. The molecule has 1 aromatic heterocycles. The molecule has 6 heteroatoms. The van der Waals surface area contributed by atoms with Gasteiger partial charge in [-0.3, -0.25) is 9.59 Å². The molecule has 1 unspecified atom stereocenters. The summed E-state index contributed by atoms with van der Waals surface area (Å²) in [5.41, 5.74) is 2.88. The first kappa shape index (κ1) is 22.5. The lowest BCUT2D eigenvalue weighted by Crippen LogP contribution is -2.29. The normalized spacial score (nSPS) is 17.3. The van der Waals surface area contributed by atoms with Crippen molar-refractivity contribution < 1.29 is 23.8 Å². The van der Waals surface area contributed by atoms with Crippen molar-refractivity contribution >= 4 is 28.2 Å². The summed E-state index contributed by atoms with van der Waals surface area (Å²) >= 11 is 0. The van der Waals surface area contributed by atoms with Crippen LogP contribution in [0, 0.1) is 13.8 Å². The Kier molecular flexibility index (Phi) is 5.65. The molecule has 35 heavy (non-hydrogen) atoms. The molecule has 0 aliphatic carbocycles. The molecule has 0 saturated carbocycles. The second-order valence-corrected chi connectivity index (χ2v) is 8.74. The zero-order valence-corrected chi connectivity index (χ0v) is 19.7. The number of aliphatic hydroxyl groups excluding tert-OH is 1. The highest BCUT2D eigenvalue weighted by atomic mass is 16.5. The van der Waals surface area contributed by atoms with Crippen LogP contribution in [0.3, 0.4) is 0 Å². The first-order valence-corrected chi connectivity index (χ1v) is 11.3. The summed E-state index contributed by atoms with van der Waals surface area (Å²) in [7, 11) is 1.52. The van der Waals surface area contributed by atoms with Gasteiger partial charge in [-0.05, 0) is 59.5 Å². The van der Waals surface area contributed by atoms with Gasteiger partial charge in [0.2, 0.25) is 0 Å². The van der Waals surface area contributed by atoms with Gasteiger partial charge in [0.05, 0.1) is 37.1 Å². The average Bonchev–Trinajstić information content (AvgIpc) is 3.45. The number of likely N-dealkylation sites (tertiary alicyclic amines) is 1. The predicted molar refractivity (Wildman–Crippen MR) is 133 cm³/mol. The molecule has 1 fully saturated rings. The molecule has 0 spiro atoms. The minimum Gasteiger partial charge on any atom is -0.507 e. The number of ether oxygens (including phenoxy) is 1. The Morgan fingerprint density at radius 1 is 1.03 bits per heavy atom. The Balaban J connectivity index is 1.79. The lowest BCUT2D eigenvalue weighted by atomic mass is 9.91. The number of carbonyl (C=O) groups is 2. The third-order valence-corrected chi connectivity index (χ3v) is 6.44. The van der Waals surface area contributed by atoms with Crippen LogP contribution in [0.15, 0.2) is 83.0 Å². The van der Waals surface area contributed by atoms with E-state index < -0.39 is 17.7 Å². The molecule has 2 heterocycles. The van der Waals surface area contributed by atoms with Gasteiger partial charge in [-0.1, -0.05) is 48.5 Å². The fourth-order valence-electron chi connectivity index (χ4n) is 4.97. The van der Waals surface area contributed by atoms with Crippen molar-refractivity contribution in [2.24, 2.45) is 0 Å². The SMILES string of the molecule is COc1c(C)cc(C)cc1/C(O)=C1\C(=O)C(=O)N(Cc2ccco2)C1c1cccc2ccccc12. The van der Waals surface area contributed by atoms with Crippen LogP contribution < -0.4 is 4.74 Å². The summed E-state index contributed by atoms with van der Waals surface area (Å²) in [6.07, 6.45) is 1.53. The number of Topliss-reactive ketones (excluding diaryl/α,β-unsaturated/α-hetero) is 1. The van der Waals surface area contributed by atoms with E-state index in [0.29, 0.717) is 17.1 Å². The number of nitrogens with zero attached hydrogens (tertiary/aromatic N) is 1. The fourth-order valence-corrected chi connectivity index (χ4v) is 4.97. The molecule has 0 radical (unpaired) electrons. The third kappa shape index (κ3) is 3.77. The average molecular weight is 468 g/mol. The Morgan fingerprint density at radius 2 is 1.80 bits per heavy atom. The van der Waals surface area contributed by atoms with E-state index in [9.17, 15) is 14.7 Å². The number of hydrogen-bond donors (Lipinski definition) is 1. The molecule has 0 bridgehead atoms. The molecular formula is C29H25NO5. The number of furan rings is 1. The van der Waals surface area contributed by atoms with Crippen LogP contribution in [0.5, 0.6) is 5.75 Å². The molecule has 1 aliphatic heterocycles. The number of rotatable bonds is 5. The van der Waals surface area contributed by atoms with E-state index in [1.165, 1.54) is 18.3 Å². The summed E-state index contributed by atoms with van der Waals surface area (Å²) < 4.78 is 11.1. The minimum atomic E-state index is -0.809. The molecule has 4 aromatic rings. The van der Waals surface area contributed by atoms with E-state index in [-0.39, 0.29) is 17.9 Å². The van der Waals surface area contributed by atoms with Crippen LogP contribution in [0.1, 0.15) is 34.1 Å². The Labute approximate surface area is 203 Å². The van der Waals surface area contributed by atoms with Crippen LogP contribution in [-0.4, -0.2) is 28.8 Å². The number of carbonyl (C=O) groups excluding carboxylic acids is 2. The summed E-state index contributed by atoms with van der Waals surface area (Å²) in [6, 6.07) is 19.9. The summed E-state index contributed by atoms with van der Waals surface area (Å²) in [4.78, 5) is 28.3. The number of aliphatic hydroxyl groups is 1. The van der Waals surface area contributed by atoms with Crippen molar-refractivity contribution in [2.75, 3.05) is 7.11 Å². The van der Waals surface area contributed by atoms with Gasteiger partial charge in [0.25, 0.3) is 11.7 Å². The molecule has 1 amide bonds. The van der Waals surface area contributed by atoms with Gasteiger partial charge in [0.1, 0.15) is 17.3 Å². The molecule has 3 aromatic carbocycles. The van der Waals surface area contributed by atoms with Gasteiger partial charge >= 0.3 is 0 Å². The Morgan fingerprint density at radius 3 is 2.54 bits per heavy atom. The van der Waals surface area contributed by atoms with Crippen molar-refractivity contribution in [3.05, 3.63) is 107 Å². The van der Waals surface area contributed by atoms with E-state index in [1.807, 2.05) is 62.4 Å². The largest absolute Gasteiger partial charge is 0.507 e. The summed E-state index contributed by atoms with van der Waals surface area (Å²) in [5, 5.41) is 13.5. The first-order chi connectivity index (χ1) is 16.9. The highest BCUT2D eigenvalue weighted by molar-refractivity contribution is 6.46. The van der Waals surface area contributed by atoms with Crippen molar-refractivity contribution in [1.29, 1.82) is 0 Å². The molecule has 1 N–H and O–H groups in total. The van der Waals surface area contributed by atoms with Crippen molar-refractivity contribution in [3.8, 4) is 5.75 Å². The van der Waals surface area contributed by atoms with Gasteiger partial charge in [-0.25, -0.2) is 0 Å². The molecule has 1 atom stereocenters. The smallest absolute Gasteiger partial charge is 0.296 e. The zero-order valence-electron chi connectivity index (χ0n) is 19.7. The topological polar surface area (TPSA) is 80.0 Å². The monoisotopic (exact) mass is 467 g/mol. The molecule has 176 valence electrons. The summed E-state index contributed by atoms with van der Waals surface area (Å²) in [6.45, 7) is 3.87. The number of hydrogen-bond acceptors (Lipinski definition) is 5. The maximum atomic E-state index is 13.5. The first-order valence-electron chi connectivity index (χ1n) is 11.3. The Bertz CT molecular complexity index is 1480. The Hall–Kier alpha value is -4.32. The summed E-state index contributed by atoms with van der Waals surface area (Å²) in [5.74, 6) is -0.688. The van der Waals surface area contributed by atoms with Crippen molar-refractivity contribution in [3.63, 3.8) is 0 Å². The lowest BCUT2D eigenvalue weighted by Gasteiger charge is -2.26. The number of ketones is 1. The highest BCUT2D eigenvalue weighted by Gasteiger charge is 2.47. The van der Waals surface area contributed by atoms with Crippen LogP contribution >= 0.6 is 0 Å². The number of methoxy groups -OCH3 is 1. The van der Waals surface area contributed by atoms with Gasteiger partial charge < -0.3 is 19.2 Å². The quantitative estimate of drug-likeness (QED) is 0.232. The van der Waals surface area contributed by atoms with E-state index in [2.05, 4.69) is 0 Å². The van der Waals surface area contributed by atoms with E-state index in [1.54, 1.807) is 18.2 Å². The number of benzene rings is 3. The maximum absolute atomic E-state index is 13.5. The molecule has 5 rings (SSSR count). The fraction of sp³-hybridized carbons (Fsp3) is 0.172. The highest BCUT2D eigenvalue weighted by Crippen LogP contribution is 2.44. The number of fused-ring (bicyclic) bond motifs is 1.